The molecule has 0 radical (unpaired) electrons. The monoisotopic (exact) mass is 227 g/mol. The zero-order valence-corrected chi connectivity index (χ0v) is 10.2. The van der Waals surface area contributed by atoms with E-state index in [1.165, 1.54) is 0 Å². The average molecular weight is 227 g/mol. The van der Waals surface area contributed by atoms with Crippen LogP contribution >= 0.6 is 0 Å². The van der Waals surface area contributed by atoms with Crippen LogP contribution in [0.3, 0.4) is 0 Å². The van der Waals surface area contributed by atoms with Crippen LogP contribution in [0.15, 0.2) is 36.5 Å². The fraction of sp³-hybridized carbons (Fsp3) is 0.400. The molecule has 88 valence electrons. The fourth-order valence-corrected chi connectivity index (χ4v) is 2.65. The van der Waals surface area contributed by atoms with Crippen molar-refractivity contribution in [3.63, 3.8) is 0 Å². The van der Waals surface area contributed by atoms with E-state index in [9.17, 15) is 5.11 Å². The molecule has 2 aromatic rings. The van der Waals surface area contributed by atoms with Gasteiger partial charge in [0.2, 0.25) is 0 Å². The van der Waals surface area contributed by atoms with Gasteiger partial charge in [-0.1, -0.05) is 32.0 Å². The van der Waals surface area contributed by atoms with Crippen LogP contribution in [0.2, 0.25) is 0 Å². The summed E-state index contributed by atoms with van der Waals surface area (Å²) in [5.41, 5.74) is 2.26. The molecular weight excluding hydrogens is 210 g/mol. The highest BCUT2D eigenvalue weighted by Crippen LogP contribution is 2.58. The maximum atomic E-state index is 10.5. The van der Waals surface area contributed by atoms with Gasteiger partial charge in [-0.3, -0.25) is 4.98 Å². The minimum atomic E-state index is -0.363. The standard InChI is InChI=1S/C15H17NO/c1-15(2)9-12(15)14(17)11-5-3-7-13-10(11)6-4-8-16-13/h3-8,12,14,17H,9H2,1-2H3. The van der Waals surface area contributed by atoms with Crippen LogP contribution in [0.25, 0.3) is 10.9 Å². The van der Waals surface area contributed by atoms with Gasteiger partial charge in [-0.15, -0.1) is 0 Å². The molecule has 1 aliphatic rings. The van der Waals surface area contributed by atoms with Gasteiger partial charge in [-0.2, -0.15) is 0 Å². The van der Waals surface area contributed by atoms with Crippen LogP contribution in [-0.2, 0) is 0 Å². The lowest BCUT2D eigenvalue weighted by Gasteiger charge is -2.15. The smallest absolute Gasteiger partial charge is 0.0830 e. The minimum Gasteiger partial charge on any atom is -0.388 e. The number of aliphatic hydroxyl groups is 1. The van der Waals surface area contributed by atoms with Crippen molar-refractivity contribution in [1.82, 2.24) is 4.98 Å². The molecule has 0 amide bonds. The van der Waals surface area contributed by atoms with E-state index in [0.717, 1.165) is 22.9 Å². The first-order valence-corrected chi connectivity index (χ1v) is 6.11. The number of pyridine rings is 1. The van der Waals surface area contributed by atoms with Gasteiger partial charge in [0.1, 0.15) is 0 Å². The molecule has 1 heterocycles. The molecule has 3 rings (SSSR count). The molecule has 17 heavy (non-hydrogen) atoms. The van der Waals surface area contributed by atoms with Crippen LogP contribution in [0.5, 0.6) is 0 Å². The lowest BCUT2D eigenvalue weighted by atomic mass is 9.96. The lowest BCUT2D eigenvalue weighted by Crippen LogP contribution is -2.05. The number of hydrogen-bond donors (Lipinski definition) is 1. The van der Waals surface area contributed by atoms with Crippen molar-refractivity contribution in [1.29, 1.82) is 0 Å². The van der Waals surface area contributed by atoms with Crippen molar-refractivity contribution in [2.24, 2.45) is 11.3 Å². The normalized spacial score (nSPS) is 23.6. The second-order valence-electron chi connectivity index (χ2n) is 5.66. The Bertz CT molecular complexity index is 556. The number of rotatable bonds is 2. The molecule has 0 bridgehead atoms. The van der Waals surface area contributed by atoms with Crippen LogP contribution in [0.4, 0.5) is 0 Å². The quantitative estimate of drug-likeness (QED) is 0.853. The average Bonchev–Trinajstić information content (AvgIpc) is 2.97. The van der Waals surface area contributed by atoms with Gasteiger partial charge in [0.25, 0.3) is 0 Å². The molecule has 0 saturated heterocycles. The number of aromatic nitrogens is 1. The lowest BCUT2D eigenvalue weighted by molar-refractivity contribution is 0.140. The van der Waals surface area contributed by atoms with Crippen molar-refractivity contribution in [2.75, 3.05) is 0 Å². The van der Waals surface area contributed by atoms with Crippen molar-refractivity contribution in [3.8, 4) is 0 Å². The van der Waals surface area contributed by atoms with Crippen molar-refractivity contribution in [2.45, 2.75) is 26.4 Å². The number of nitrogens with zero attached hydrogens (tertiary/aromatic N) is 1. The largest absolute Gasteiger partial charge is 0.388 e. The second kappa shape index (κ2) is 3.54. The van der Waals surface area contributed by atoms with E-state index in [4.69, 9.17) is 0 Å². The Morgan fingerprint density at radius 2 is 2.06 bits per heavy atom. The Labute approximate surface area is 101 Å². The first-order valence-electron chi connectivity index (χ1n) is 6.11. The van der Waals surface area contributed by atoms with Gasteiger partial charge in [-0.25, -0.2) is 0 Å². The van der Waals surface area contributed by atoms with Gasteiger partial charge in [0, 0.05) is 11.6 Å². The first-order chi connectivity index (χ1) is 8.09. The van der Waals surface area contributed by atoms with Gasteiger partial charge in [0.15, 0.2) is 0 Å². The maximum Gasteiger partial charge on any atom is 0.0830 e. The van der Waals surface area contributed by atoms with E-state index in [0.29, 0.717) is 5.92 Å². The zero-order valence-electron chi connectivity index (χ0n) is 10.2. The van der Waals surface area contributed by atoms with E-state index in [2.05, 4.69) is 18.8 Å². The molecular formula is C15H17NO. The van der Waals surface area contributed by atoms with E-state index >= 15 is 0 Å². The Morgan fingerprint density at radius 3 is 2.76 bits per heavy atom. The van der Waals surface area contributed by atoms with Crippen molar-refractivity contribution < 1.29 is 5.11 Å². The molecule has 2 nitrogen and oxygen atoms in total. The summed E-state index contributed by atoms with van der Waals surface area (Å²) in [5.74, 6) is 0.383. The van der Waals surface area contributed by atoms with Crippen molar-refractivity contribution in [3.05, 3.63) is 42.1 Å². The van der Waals surface area contributed by atoms with E-state index in [1.54, 1.807) is 6.20 Å². The van der Waals surface area contributed by atoms with E-state index in [1.807, 2.05) is 30.3 Å². The third kappa shape index (κ3) is 1.73. The summed E-state index contributed by atoms with van der Waals surface area (Å²) in [6.45, 7) is 4.43. The number of hydrogen-bond acceptors (Lipinski definition) is 2. The maximum absolute atomic E-state index is 10.5. The summed E-state index contributed by atoms with van der Waals surface area (Å²) < 4.78 is 0. The van der Waals surface area contributed by atoms with Crippen LogP contribution in [0.1, 0.15) is 31.9 Å². The Kier molecular flexibility index (Phi) is 2.23. The Morgan fingerprint density at radius 1 is 1.29 bits per heavy atom. The fourth-order valence-electron chi connectivity index (χ4n) is 2.65. The van der Waals surface area contributed by atoms with Crippen LogP contribution < -0.4 is 0 Å². The molecule has 1 fully saturated rings. The van der Waals surface area contributed by atoms with E-state index < -0.39 is 0 Å². The van der Waals surface area contributed by atoms with Crippen LogP contribution in [0, 0.1) is 11.3 Å². The number of benzene rings is 1. The third-order valence-corrected chi connectivity index (χ3v) is 3.97. The predicted molar refractivity (Wildman–Crippen MR) is 68.6 cm³/mol. The third-order valence-electron chi connectivity index (χ3n) is 3.97. The first kappa shape index (κ1) is 10.7. The van der Waals surface area contributed by atoms with Gasteiger partial charge >= 0.3 is 0 Å². The van der Waals surface area contributed by atoms with Gasteiger partial charge in [-0.05, 0) is 35.4 Å². The van der Waals surface area contributed by atoms with Gasteiger partial charge in [0.05, 0.1) is 11.6 Å². The van der Waals surface area contributed by atoms with Gasteiger partial charge < -0.3 is 5.11 Å². The minimum absolute atomic E-state index is 0.282. The highest BCUT2D eigenvalue weighted by atomic mass is 16.3. The summed E-state index contributed by atoms with van der Waals surface area (Å²) in [5, 5.41) is 11.5. The molecule has 1 aromatic heterocycles. The number of aliphatic hydroxyl groups excluding tert-OH is 1. The summed E-state index contributed by atoms with van der Waals surface area (Å²) in [7, 11) is 0. The Balaban J connectivity index is 2.06. The molecule has 2 heteroatoms. The molecule has 0 spiro atoms. The highest BCUT2D eigenvalue weighted by molar-refractivity contribution is 5.82. The summed E-state index contributed by atoms with van der Waals surface area (Å²) >= 11 is 0. The summed E-state index contributed by atoms with van der Waals surface area (Å²) in [6.07, 6.45) is 2.53. The predicted octanol–water partition coefficient (Wildman–Crippen LogP) is 3.31. The molecule has 1 N–H and O–H groups in total. The SMILES string of the molecule is CC1(C)CC1C(O)c1cccc2ncccc12. The molecule has 0 aliphatic heterocycles. The molecule has 2 unspecified atom stereocenters. The highest BCUT2D eigenvalue weighted by Gasteiger charge is 2.50. The van der Waals surface area contributed by atoms with E-state index in [-0.39, 0.29) is 11.5 Å². The van der Waals surface area contributed by atoms with Crippen molar-refractivity contribution >= 4 is 10.9 Å². The topological polar surface area (TPSA) is 33.1 Å². The second-order valence-corrected chi connectivity index (χ2v) is 5.66. The van der Waals surface area contributed by atoms with Crippen LogP contribution in [-0.4, -0.2) is 10.1 Å². The summed E-state index contributed by atoms with van der Waals surface area (Å²) in [6, 6.07) is 9.95. The summed E-state index contributed by atoms with van der Waals surface area (Å²) in [4.78, 5) is 4.33. The molecule has 1 saturated carbocycles. The molecule has 1 aliphatic carbocycles. The number of fused-ring (bicyclic) bond motifs is 1. The molecule has 1 aromatic carbocycles. The molecule has 2 atom stereocenters. The zero-order chi connectivity index (χ0) is 12.0. The Hall–Kier alpha value is -1.41.